The average molecular weight is 307 g/mol. The number of hydrogen-bond acceptors (Lipinski definition) is 3. The van der Waals surface area contributed by atoms with Crippen LogP contribution in [0, 0.1) is 0 Å². The minimum Gasteiger partial charge on any atom is -0.468 e. The van der Waals surface area contributed by atoms with Crippen LogP contribution < -0.4 is 5.32 Å². The molecule has 0 bridgehead atoms. The maximum absolute atomic E-state index is 6.21. The molecular weight excluding hydrogens is 284 g/mol. The van der Waals surface area contributed by atoms with Crippen molar-refractivity contribution in [3.05, 3.63) is 58.5 Å². The minimum absolute atomic E-state index is 0.448. The molecule has 0 atom stereocenters. The van der Waals surface area contributed by atoms with Gasteiger partial charge in [-0.25, -0.2) is 0 Å². The van der Waals surface area contributed by atoms with Crippen LogP contribution in [0.15, 0.2) is 41.0 Å². The van der Waals surface area contributed by atoms with E-state index in [1.165, 1.54) is 5.56 Å². The van der Waals surface area contributed by atoms with E-state index >= 15 is 0 Å². The molecule has 0 saturated heterocycles. The first-order chi connectivity index (χ1) is 10.1. The highest BCUT2D eigenvalue weighted by atomic mass is 35.5. The number of hydrogen-bond donors (Lipinski definition) is 1. The molecular formula is C17H23ClN2O. The fourth-order valence-corrected chi connectivity index (χ4v) is 2.42. The van der Waals surface area contributed by atoms with Crippen LogP contribution >= 0.6 is 11.6 Å². The number of rotatable bonds is 7. The minimum atomic E-state index is 0.448. The Balaban J connectivity index is 1.95. The average Bonchev–Trinajstić information content (AvgIpc) is 2.86. The monoisotopic (exact) mass is 306 g/mol. The molecule has 0 amide bonds. The lowest BCUT2D eigenvalue weighted by molar-refractivity contribution is 0.314. The third-order valence-corrected chi connectivity index (χ3v) is 3.72. The first kappa shape index (κ1) is 16.1. The topological polar surface area (TPSA) is 28.4 Å². The van der Waals surface area contributed by atoms with E-state index in [1.54, 1.807) is 6.26 Å². The van der Waals surface area contributed by atoms with Gasteiger partial charge < -0.3 is 9.73 Å². The van der Waals surface area contributed by atoms with Gasteiger partial charge in [-0.3, -0.25) is 4.90 Å². The number of halogens is 1. The van der Waals surface area contributed by atoms with E-state index in [4.69, 9.17) is 16.0 Å². The Kier molecular flexibility index (Phi) is 5.85. The van der Waals surface area contributed by atoms with Gasteiger partial charge in [0.2, 0.25) is 0 Å². The standard InChI is InChI=1S/C17H23ClN2O/c1-13(2)19-10-17-15(8-9-21-17)12-20(3)11-14-6-4-5-7-16(14)18/h4-9,13,19H,10-12H2,1-3H3. The van der Waals surface area contributed by atoms with Crippen molar-refractivity contribution in [2.75, 3.05) is 7.05 Å². The van der Waals surface area contributed by atoms with Gasteiger partial charge in [-0.1, -0.05) is 43.6 Å². The lowest BCUT2D eigenvalue weighted by atomic mass is 10.2. The van der Waals surface area contributed by atoms with E-state index in [9.17, 15) is 0 Å². The molecule has 1 aromatic heterocycles. The van der Waals surface area contributed by atoms with Crippen LogP contribution in [-0.4, -0.2) is 18.0 Å². The van der Waals surface area contributed by atoms with Gasteiger partial charge in [0, 0.05) is 29.7 Å². The van der Waals surface area contributed by atoms with Crippen LogP contribution in [0.25, 0.3) is 0 Å². The Morgan fingerprint density at radius 2 is 1.86 bits per heavy atom. The second kappa shape index (κ2) is 7.64. The Morgan fingerprint density at radius 3 is 2.57 bits per heavy atom. The van der Waals surface area contributed by atoms with Gasteiger partial charge in [0.15, 0.2) is 0 Å². The molecule has 1 N–H and O–H groups in total. The predicted octanol–water partition coefficient (Wildman–Crippen LogP) is 4.06. The van der Waals surface area contributed by atoms with Crippen molar-refractivity contribution in [3.63, 3.8) is 0 Å². The first-order valence-corrected chi connectivity index (χ1v) is 7.64. The SMILES string of the molecule is CC(C)NCc1occc1CN(C)Cc1ccccc1Cl. The number of furan rings is 1. The lowest BCUT2D eigenvalue weighted by Crippen LogP contribution is -2.23. The summed E-state index contributed by atoms with van der Waals surface area (Å²) in [5.41, 5.74) is 2.37. The van der Waals surface area contributed by atoms with E-state index in [0.29, 0.717) is 6.04 Å². The van der Waals surface area contributed by atoms with Gasteiger partial charge in [0.05, 0.1) is 12.8 Å². The Morgan fingerprint density at radius 1 is 1.14 bits per heavy atom. The molecule has 21 heavy (non-hydrogen) atoms. The maximum Gasteiger partial charge on any atom is 0.122 e. The van der Waals surface area contributed by atoms with Crippen LogP contribution in [0.3, 0.4) is 0 Å². The molecule has 0 saturated carbocycles. The fourth-order valence-electron chi connectivity index (χ4n) is 2.22. The number of nitrogens with one attached hydrogen (secondary N) is 1. The summed E-state index contributed by atoms with van der Waals surface area (Å²) >= 11 is 6.21. The lowest BCUT2D eigenvalue weighted by Gasteiger charge is -2.17. The van der Waals surface area contributed by atoms with Crippen LogP contribution in [0.1, 0.15) is 30.7 Å². The maximum atomic E-state index is 6.21. The van der Waals surface area contributed by atoms with Gasteiger partial charge in [-0.2, -0.15) is 0 Å². The Bertz CT molecular complexity index is 565. The van der Waals surface area contributed by atoms with Gasteiger partial charge in [-0.05, 0) is 24.7 Å². The molecule has 0 fully saturated rings. The summed E-state index contributed by atoms with van der Waals surface area (Å²) in [7, 11) is 2.09. The first-order valence-electron chi connectivity index (χ1n) is 7.27. The highest BCUT2D eigenvalue weighted by Gasteiger charge is 2.10. The van der Waals surface area contributed by atoms with Gasteiger partial charge in [-0.15, -0.1) is 0 Å². The molecule has 0 unspecified atom stereocenters. The highest BCUT2D eigenvalue weighted by Crippen LogP contribution is 2.19. The molecule has 1 heterocycles. The second-order valence-corrected chi connectivity index (χ2v) is 6.08. The van der Waals surface area contributed by atoms with Crippen molar-refractivity contribution in [2.45, 2.75) is 39.5 Å². The molecule has 0 aliphatic heterocycles. The zero-order valence-electron chi connectivity index (χ0n) is 12.9. The van der Waals surface area contributed by atoms with Crippen LogP contribution in [0.5, 0.6) is 0 Å². The zero-order valence-corrected chi connectivity index (χ0v) is 13.7. The smallest absolute Gasteiger partial charge is 0.122 e. The van der Waals surface area contributed by atoms with Gasteiger partial charge in [0.1, 0.15) is 5.76 Å². The Labute approximate surface area is 131 Å². The van der Waals surface area contributed by atoms with Crippen molar-refractivity contribution in [1.29, 1.82) is 0 Å². The van der Waals surface area contributed by atoms with Crippen LogP contribution in [-0.2, 0) is 19.6 Å². The van der Waals surface area contributed by atoms with E-state index in [2.05, 4.69) is 37.2 Å². The summed E-state index contributed by atoms with van der Waals surface area (Å²) in [5, 5.41) is 4.20. The predicted molar refractivity (Wildman–Crippen MR) is 87.3 cm³/mol. The van der Waals surface area contributed by atoms with Crippen LogP contribution in [0.2, 0.25) is 5.02 Å². The molecule has 2 aromatic rings. The quantitative estimate of drug-likeness (QED) is 0.836. The molecule has 0 radical (unpaired) electrons. The number of nitrogens with zero attached hydrogens (tertiary/aromatic N) is 1. The normalized spacial score (nSPS) is 11.5. The van der Waals surface area contributed by atoms with Crippen molar-refractivity contribution >= 4 is 11.6 Å². The Hall–Kier alpha value is -1.29. The van der Waals surface area contributed by atoms with Crippen molar-refractivity contribution in [2.24, 2.45) is 0 Å². The number of benzene rings is 1. The van der Waals surface area contributed by atoms with Crippen molar-refractivity contribution in [1.82, 2.24) is 10.2 Å². The molecule has 3 nitrogen and oxygen atoms in total. The molecule has 0 aliphatic carbocycles. The highest BCUT2D eigenvalue weighted by molar-refractivity contribution is 6.31. The molecule has 0 aliphatic rings. The van der Waals surface area contributed by atoms with Gasteiger partial charge in [0.25, 0.3) is 0 Å². The molecule has 4 heteroatoms. The summed E-state index contributed by atoms with van der Waals surface area (Å²) in [6.07, 6.45) is 1.76. The van der Waals surface area contributed by atoms with Crippen molar-refractivity contribution in [3.8, 4) is 0 Å². The van der Waals surface area contributed by atoms with E-state index in [1.807, 2.05) is 24.3 Å². The fraction of sp³-hybridized carbons (Fsp3) is 0.412. The zero-order chi connectivity index (χ0) is 15.2. The van der Waals surface area contributed by atoms with Gasteiger partial charge >= 0.3 is 0 Å². The van der Waals surface area contributed by atoms with Crippen LogP contribution in [0.4, 0.5) is 0 Å². The summed E-state index contributed by atoms with van der Waals surface area (Å²) < 4.78 is 5.57. The van der Waals surface area contributed by atoms with Crippen molar-refractivity contribution < 1.29 is 4.42 Å². The summed E-state index contributed by atoms with van der Waals surface area (Å²) in [4.78, 5) is 2.24. The summed E-state index contributed by atoms with van der Waals surface area (Å²) in [6.45, 7) is 6.69. The molecule has 2 rings (SSSR count). The summed E-state index contributed by atoms with van der Waals surface area (Å²) in [6, 6.07) is 10.5. The third kappa shape index (κ3) is 4.88. The second-order valence-electron chi connectivity index (χ2n) is 5.67. The summed E-state index contributed by atoms with van der Waals surface area (Å²) in [5.74, 6) is 1.01. The largest absolute Gasteiger partial charge is 0.468 e. The van der Waals surface area contributed by atoms with E-state index in [-0.39, 0.29) is 0 Å². The van der Waals surface area contributed by atoms with E-state index in [0.717, 1.165) is 36.0 Å². The molecule has 114 valence electrons. The third-order valence-electron chi connectivity index (χ3n) is 3.35. The molecule has 0 spiro atoms. The molecule has 1 aromatic carbocycles. The van der Waals surface area contributed by atoms with E-state index < -0.39 is 0 Å².